The second-order valence-electron chi connectivity index (χ2n) is 20.9. The lowest BCUT2D eigenvalue weighted by molar-refractivity contribution is 0.0339. The smallest absolute Gasteiger partial charge is 0.464 e. The Bertz CT molecular complexity index is 9360. The maximum atomic E-state index is 11.7. The van der Waals surface area contributed by atoms with Crippen LogP contribution < -0.4 is 5.46 Å². The number of terminal acetylenes is 1. The van der Waals surface area contributed by atoms with Crippen LogP contribution in [0.25, 0.3) is 0 Å². The zero-order valence-corrected chi connectivity index (χ0v) is 74.9. The molecule has 3 rings (SSSR count). The van der Waals surface area contributed by atoms with E-state index in [9.17, 15) is 9.59 Å². The lowest BCUT2D eigenvalue weighted by atomic mass is 9.76. The number of carbonyl (C=O) groups excluding carboxylic acids is 2. The molecule has 0 aliphatic carbocycles. The van der Waals surface area contributed by atoms with E-state index in [4.69, 9.17) is 20.5 Å². The molecular weight excluding hydrogens is 1780 g/mol. The predicted molar refractivity (Wildman–Crippen MR) is 542 cm³/mol. The minimum Gasteiger partial charge on any atom is -0.464 e. The fourth-order valence-electron chi connectivity index (χ4n) is 5.96. The molecule has 0 aromatic carbocycles. The number of ether oxygens (including phenoxy) is 2. The highest BCUT2D eigenvalue weighted by molar-refractivity contribution is 9.10. The molecule has 140 heavy (non-hydrogen) atoms. The molecule has 2 aromatic heterocycles. The first-order chi connectivity index (χ1) is 69.0. The zero-order chi connectivity index (χ0) is 101. The van der Waals surface area contributed by atoms with Gasteiger partial charge in [-0.15, -0.1) is 6.42 Å². The summed E-state index contributed by atoms with van der Waals surface area (Å²) in [5, 5.41) is 7.91. The van der Waals surface area contributed by atoms with Crippen LogP contribution in [0.5, 0.6) is 0 Å². The van der Waals surface area contributed by atoms with Crippen molar-refractivity contribution in [2.24, 2.45) is 19.5 Å². The van der Waals surface area contributed by atoms with E-state index in [2.05, 4.69) is 690 Å². The Kier molecular flexibility index (Phi) is 70.9. The van der Waals surface area contributed by atoms with E-state index >= 15 is 0 Å². The molecule has 2 aromatic rings. The molecule has 1 aliphatic heterocycles. The first kappa shape index (κ1) is 112. The number of nitrogens with zero attached hydrogens (tertiary/aromatic N) is 4. The summed E-state index contributed by atoms with van der Waals surface area (Å²) in [5.74, 6) is 271. The number of esters is 2. The summed E-state index contributed by atoms with van der Waals surface area (Å²) >= 11 is 3.17. The number of rotatable bonds is 3. The highest BCUT2D eigenvalue weighted by Gasteiger charge is 2.37. The average molecular weight is 1810 g/mol. The first-order valence-corrected chi connectivity index (χ1v) is 37.3. The molecule has 1 fully saturated rings. The van der Waals surface area contributed by atoms with Crippen molar-refractivity contribution in [2.75, 3.05) is 27.4 Å². The third-order valence-corrected chi connectivity index (χ3v) is 11.5. The molecule has 0 N–H and O–H groups in total. The lowest BCUT2D eigenvalue weighted by Gasteiger charge is -2.32. The molecule has 0 saturated carbocycles. The standard InChI is InChI=1S/C111H4.C11H17BN2O4.C6H7BrN2O2/c1-3-5-7-9-11-13-15-17-19-21-23-25-27-29-31-33-35-37-39-41-43-45-47-49-51-53-55-57-59-61-63-65-67-69-71-73-75-77-79-81-83-85-87-89-91-93-95-97-99-101-103-105-107-109-111-110-108-106-104-102-100-98-96-94-92-90-88-86-84-82-80-78-76-74-72-70-68-66-64-62-60-58-56-54-52-50-48-46-44-42-40-38-36-34-32-30-28-26-24-22-20-18-16-14-12-10-8-6-4-2;1-11(2)6-17-12(18-7-11)8-5-13-14(3)9(8)10(15)16-4;1-9-5(6(10)11-2)4(7)3-8-9/h1H,2H3;5H,6-7H2,1-4H3;3H,1-2H3. The molecule has 3 heterocycles. The number of hydrogen-bond donors (Lipinski definition) is 0. The summed E-state index contributed by atoms with van der Waals surface area (Å²) in [5.41, 5.74) is 1.39. The third-order valence-electron chi connectivity index (χ3n) is 10.9. The predicted octanol–water partition coefficient (Wildman–Crippen LogP) is 1.77. The van der Waals surface area contributed by atoms with E-state index in [-0.39, 0.29) is 5.41 Å². The van der Waals surface area contributed by atoms with Crippen molar-refractivity contribution in [1.29, 1.82) is 0 Å². The molecule has 0 bridgehead atoms. The SMILES string of the molecule is C#CC#CC#CC#CC#CC#CC#CC#CC#CC#CC#CC#CC#CC#CC#CC#CC#CC#CC#CC#CC#CC#CC#CC#CC#CC#CC#CC#CC#CC#CC#CC#CC#CC#CC#CC#CC#CC#CC#CC#CC#CC#CC#CC#CC#CC#CC#CC#CC#CC#CC#CC#CC#CC#CC#CC.COC(=O)c1c(B2OCC(C)(C)CO2)cnn1C.COC(=O)c1c(Br)cnn1C. The molecule has 0 spiro atoms. The van der Waals surface area contributed by atoms with E-state index in [0.29, 0.717) is 34.5 Å². The molecule has 0 atom stereocenters. The largest absolute Gasteiger partial charge is 0.498 e. The fraction of sp³-hybridized carbons (Fsp3) is 0.0781. The summed E-state index contributed by atoms with van der Waals surface area (Å²) in [7, 11) is 5.48. The van der Waals surface area contributed by atoms with Crippen molar-refractivity contribution in [3.8, 4) is 652 Å². The summed E-state index contributed by atoms with van der Waals surface area (Å²) in [6.45, 7) is 6.96. The van der Waals surface area contributed by atoms with Gasteiger partial charge >= 0.3 is 19.1 Å². The van der Waals surface area contributed by atoms with Crippen molar-refractivity contribution in [2.45, 2.75) is 20.8 Å². The number of methoxy groups -OCH3 is 2. The van der Waals surface area contributed by atoms with Gasteiger partial charge in [-0.1, -0.05) is 19.8 Å². The van der Waals surface area contributed by atoms with Crippen LogP contribution in [-0.4, -0.2) is 66.1 Å². The maximum Gasteiger partial charge on any atom is 0.498 e. The van der Waals surface area contributed by atoms with Gasteiger partial charge in [0.25, 0.3) is 0 Å². The van der Waals surface area contributed by atoms with Gasteiger partial charge in [-0.3, -0.25) is 9.36 Å². The number of aryl methyl sites for hydroxylation is 2. The second-order valence-corrected chi connectivity index (χ2v) is 21.8. The Morgan fingerprint density at radius 1 is 0.264 bits per heavy atom. The topological polar surface area (TPSA) is 107 Å². The number of carbonyl (C=O) groups is 2. The summed E-state index contributed by atoms with van der Waals surface area (Å²) in [6.07, 6.45) is 8.08. The van der Waals surface area contributed by atoms with E-state index in [1.54, 1.807) is 33.4 Å². The molecular formula is C128H28BBrN4O6. The average Bonchev–Trinajstić information content (AvgIpc) is 1.66. The van der Waals surface area contributed by atoms with Gasteiger partial charge in [0.2, 0.25) is 0 Å². The molecule has 1 aliphatic rings. The Labute approximate surface area is 830 Å². The normalized spacial score (nSPS) is 6.32. The zero-order valence-electron chi connectivity index (χ0n) is 73.3. The van der Waals surface area contributed by atoms with Crippen LogP contribution in [0.15, 0.2) is 16.9 Å². The third kappa shape index (κ3) is 74.3. The van der Waals surface area contributed by atoms with Crippen LogP contribution in [0.3, 0.4) is 0 Å². The van der Waals surface area contributed by atoms with Crippen LogP contribution >= 0.6 is 15.9 Å². The van der Waals surface area contributed by atoms with Crippen LogP contribution in [0.1, 0.15) is 41.7 Å². The molecule has 0 radical (unpaired) electrons. The van der Waals surface area contributed by atoms with E-state index in [1.165, 1.54) is 23.6 Å². The monoisotopic (exact) mass is 1810 g/mol. The highest BCUT2D eigenvalue weighted by atomic mass is 79.9. The summed E-state index contributed by atoms with van der Waals surface area (Å²) in [6, 6.07) is 0. The summed E-state index contributed by atoms with van der Waals surface area (Å²) < 4.78 is 24.1. The van der Waals surface area contributed by atoms with Crippen LogP contribution in [-0.2, 0) is 32.9 Å². The van der Waals surface area contributed by atoms with Gasteiger partial charge in [-0.2, -0.15) is 10.2 Å². The van der Waals surface area contributed by atoms with Gasteiger partial charge in [-0.25, -0.2) is 9.59 Å². The van der Waals surface area contributed by atoms with E-state index in [1.807, 2.05) is 0 Å². The lowest BCUT2D eigenvalue weighted by Crippen LogP contribution is -2.48. The van der Waals surface area contributed by atoms with Crippen LogP contribution in [0, 0.1) is 657 Å². The van der Waals surface area contributed by atoms with Gasteiger partial charge in [0, 0.05) is 589 Å². The number of aromatic nitrogens is 4. The number of halogens is 1. The van der Waals surface area contributed by atoms with E-state index < -0.39 is 19.1 Å². The molecule has 1 saturated heterocycles. The second kappa shape index (κ2) is 88.9. The maximum absolute atomic E-state index is 11.7. The minimum absolute atomic E-state index is 0.00978. The fourth-order valence-corrected chi connectivity index (χ4v) is 6.47. The summed E-state index contributed by atoms with van der Waals surface area (Å²) in [4.78, 5) is 22.7. The highest BCUT2D eigenvalue weighted by Crippen LogP contribution is 2.22. The van der Waals surface area contributed by atoms with Gasteiger partial charge in [-0.05, 0) is 118 Å². The van der Waals surface area contributed by atoms with Crippen molar-refractivity contribution >= 4 is 40.4 Å². The van der Waals surface area contributed by atoms with Gasteiger partial charge in [0.05, 0.1) is 24.9 Å². The Morgan fingerprint density at radius 3 is 0.536 bits per heavy atom. The van der Waals surface area contributed by atoms with Crippen molar-refractivity contribution < 1.29 is 28.4 Å². The van der Waals surface area contributed by atoms with E-state index in [0.717, 1.165) is 0 Å². The molecule has 606 valence electrons. The van der Waals surface area contributed by atoms with Gasteiger partial charge < -0.3 is 18.8 Å². The van der Waals surface area contributed by atoms with Gasteiger partial charge in [0.15, 0.2) is 5.69 Å². The van der Waals surface area contributed by atoms with Crippen molar-refractivity contribution in [1.82, 2.24) is 19.6 Å². The Hall–Kier alpha value is -26.4. The van der Waals surface area contributed by atoms with Gasteiger partial charge in [0.1, 0.15) is 5.69 Å². The van der Waals surface area contributed by atoms with Crippen molar-refractivity contribution in [3.05, 3.63) is 28.3 Å². The Morgan fingerprint density at radius 2 is 0.400 bits per heavy atom. The molecule has 12 heteroatoms. The quantitative estimate of drug-likeness (QED) is 0.261. The molecule has 0 amide bonds. The number of hydrogen-bond acceptors (Lipinski definition) is 8. The Balaban J connectivity index is 0.00000282. The first-order valence-electron chi connectivity index (χ1n) is 36.5. The molecule has 10 nitrogen and oxygen atoms in total. The molecule has 0 unspecified atom stereocenters. The van der Waals surface area contributed by atoms with Crippen LogP contribution in [0.2, 0.25) is 0 Å². The van der Waals surface area contributed by atoms with Crippen molar-refractivity contribution in [3.63, 3.8) is 0 Å². The van der Waals surface area contributed by atoms with Crippen LogP contribution in [0.4, 0.5) is 0 Å². The minimum atomic E-state index is -0.555.